The Kier molecular flexibility index (Phi) is 18.1. The summed E-state index contributed by atoms with van der Waals surface area (Å²) in [5.41, 5.74) is -2.65. The molecule has 2 amide bonds. The number of Topliss-reactive ketones (excluding diaryl/α,β-unsaturated/α-hetero) is 2. The molecule has 2 fully saturated rings. The Bertz CT molecular complexity index is 1610. The smallest absolute Gasteiger partial charge is 0.407 e. The average molecular weight is 883 g/mol. The van der Waals surface area contributed by atoms with Crippen molar-refractivity contribution in [3.8, 4) is 0 Å². The van der Waals surface area contributed by atoms with E-state index in [1.807, 2.05) is 50.2 Å². The highest BCUT2D eigenvalue weighted by Gasteiger charge is 2.53. The van der Waals surface area contributed by atoms with E-state index in [2.05, 4.69) is 26.6 Å². The summed E-state index contributed by atoms with van der Waals surface area (Å²) in [6, 6.07) is 7.05. The minimum absolute atomic E-state index is 0.00249. The molecule has 0 unspecified atom stereocenters. The molecule has 16 heteroatoms. The van der Waals surface area contributed by atoms with E-state index in [9.17, 15) is 34.2 Å². The van der Waals surface area contributed by atoms with Gasteiger partial charge in [-0.05, 0) is 84.8 Å². The van der Waals surface area contributed by atoms with Gasteiger partial charge in [-0.3, -0.25) is 19.2 Å². The van der Waals surface area contributed by atoms with Crippen molar-refractivity contribution in [2.75, 3.05) is 34.3 Å². The number of esters is 1. The highest BCUT2D eigenvalue weighted by atomic mass is 79.9. The fraction of sp³-hybridized carbons (Fsp3) is 0.690. The van der Waals surface area contributed by atoms with Gasteiger partial charge in [0, 0.05) is 48.6 Å². The predicted octanol–water partition coefficient (Wildman–Crippen LogP) is 4.05. The van der Waals surface area contributed by atoms with Crippen molar-refractivity contribution in [1.82, 2.24) is 15.5 Å². The van der Waals surface area contributed by atoms with Crippen LogP contribution in [0.3, 0.4) is 0 Å². The van der Waals surface area contributed by atoms with E-state index in [0.717, 1.165) is 10.0 Å². The molecule has 2 saturated heterocycles. The van der Waals surface area contributed by atoms with Gasteiger partial charge >= 0.3 is 12.1 Å². The molecule has 0 radical (unpaired) electrons. The average Bonchev–Trinajstić information content (AvgIpc) is 3.18. The molecule has 13 atom stereocenters. The Morgan fingerprint density at radius 3 is 2.17 bits per heavy atom. The molecule has 1 aromatic carbocycles. The summed E-state index contributed by atoms with van der Waals surface area (Å²) in [5.74, 6) is -6.60. The van der Waals surface area contributed by atoms with Crippen molar-refractivity contribution in [1.29, 1.82) is 0 Å². The van der Waals surface area contributed by atoms with E-state index in [4.69, 9.17) is 23.7 Å². The number of benzene rings is 1. The Morgan fingerprint density at radius 1 is 0.983 bits per heavy atom. The van der Waals surface area contributed by atoms with Crippen molar-refractivity contribution in [3.05, 3.63) is 40.4 Å². The number of hydrogen-bond acceptors (Lipinski definition) is 13. The van der Waals surface area contributed by atoms with Crippen LogP contribution >= 0.6 is 15.9 Å². The van der Waals surface area contributed by atoms with E-state index in [0.29, 0.717) is 6.42 Å². The minimum Gasteiger partial charge on any atom is -0.459 e. The first-order valence-corrected chi connectivity index (χ1v) is 20.7. The van der Waals surface area contributed by atoms with Gasteiger partial charge in [-0.25, -0.2) is 4.79 Å². The zero-order valence-electron chi connectivity index (χ0n) is 35.7. The molecule has 2 aliphatic rings. The summed E-state index contributed by atoms with van der Waals surface area (Å²) in [6.07, 6.45) is -3.94. The lowest BCUT2D eigenvalue weighted by atomic mass is 9.74. The summed E-state index contributed by atoms with van der Waals surface area (Å²) >= 11 is 3.37. The lowest BCUT2D eigenvalue weighted by molar-refractivity contribution is -0.295. The predicted molar refractivity (Wildman–Crippen MR) is 219 cm³/mol. The third-order valence-corrected chi connectivity index (χ3v) is 12.0. The molecular formula is C42H64BrN3O12. The summed E-state index contributed by atoms with van der Waals surface area (Å²) in [4.78, 5) is 69.7. The summed E-state index contributed by atoms with van der Waals surface area (Å²) in [7, 11) is 5.10. The number of alkyl carbamates (subject to hydrolysis) is 1. The number of methoxy groups -OCH3 is 1. The minimum atomic E-state index is -2.11. The quantitative estimate of drug-likeness (QED) is 0.108. The van der Waals surface area contributed by atoms with Crippen LogP contribution in [-0.4, -0.2) is 133 Å². The molecule has 4 N–H and O–H groups in total. The third kappa shape index (κ3) is 12.4. The van der Waals surface area contributed by atoms with E-state index in [1.54, 1.807) is 33.8 Å². The van der Waals surface area contributed by atoms with Gasteiger partial charge in [-0.2, -0.15) is 0 Å². The van der Waals surface area contributed by atoms with Gasteiger partial charge in [-0.15, -0.1) is 0 Å². The van der Waals surface area contributed by atoms with Gasteiger partial charge in [0.2, 0.25) is 5.91 Å². The molecule has 1 aromatic rings. The van der Waals surface area contributed by atoms with E-state index in [-0.39, 0.29) is 44.0 Å². The molecule has 0 spiro atoms. The lowest BCUT2D eigenvalue weighted by Gasteiger charge is -2.47. The number of cyclic esters (lactones) is 1. The van der Waals surface area contributed by atoms with E-state index >= 15 is 0 Å². The first-order chi connectivity index (χ1) is 27.1. The van der Waals surface area contributed by atoms with Crippen LogP contribution in [0, 0.1) is 23.7 Å². The lowest BCUT2D eigenvalue weighted by Crippen LogP contribution is -2.60. The molecule has 58 heavy (non-hydrogen) atoms. The SMILES string of the molecule is CC[C@H]1OC(=O)[C@H](C)C(=O)[C@H](C)[C@@H](O[C@@H]2O[C@H](C)C[C@H](N(C)C)[C@H]2O)[C@](C)(OC)C[C@@H](C)C(=O)[C@H](C)[C@@H](OC(=O)NCCNC(=O)/C=C/c2ccc(Br)cc2)[C@]1(C)O. The summed E-state index contributed by atoms with van der Waals surface area (Å²) in [6.45, 7) is 12.7. The van der Waals surface area contributed by atoms with E-state index < -0.39 is 89.2 Å². The molecule has 2 heterocycles. The van der Waals surface area contributed by atoms with Gasteiger partial charge in [0.25, 0.3) is 0 Å². The third-order valence-electron chi connectivity index (χ3n) is 11.5. The highest BCUT2D eigenvalue weighted by molar-refractivity contribution is 9.10. The van der Waals surface area contributed by atoms with Crippen LogP contribution in [-0.2, 0) is 42.9 Å². The number of aliphatic hydroxyl groups excluding tert-OH is 1. The van der Waals surface area contributed by atoms with Crippen molar-refractivity contribution in [2.45, 2.75) is 129 Å². The molecule has 0 aromatic heterocycles. The number of nitrogens with one attached hydrogen (secondary N) is 2. The van der Waals surface area contributed by atoms with Crippen LogP contribution in [0.15, 0.2) is 34.8 Å². The Hall–Kier alpha value is -3.25. The van der Waals surface area contributed by atoms with Crippen LogP contribution in [0.2, 0.25) is 0 Å². The molecule has 2 aliphatic heterocycles. The second kappa shape index (κ2) is 21.3. The second-order valence-electron chi connectivity index (χ2n) is 16.3. The number of carbonyl (C=O) groups excluding carboxylic acids is 5. The van der Waals surface area contributed by atoms with Crippen LogP contribution in [0.4, 0.5) is 4.79 Å². The first-order valence-electron chi connectivity index (χ1n) is 19.9. The Morgan fingerprint density at radius 2 is 1.59 bits per heavy atom. The molecule has 326 valence electrons. The van der Waals surface area contributed by atoms with E-state index in [1.165, 1.54) is 34.0 Å². The number of ether oxygens (including phenoxy) is 5. The number of ketones is 2. The maximum Gasteiger partial charge on any atom is 0.407 e. The molecular weight excluding hydrogens is 818 g/mol. The van der Waals surface area contributed by atoms with Crippen molar-refractivity contribution >= 4 is 51.5 Å². The number of carbonyl (C=O) groups is 5. The van der Waals surface area contributed by atoms with Gasteiger partial charge in [0.1, 0.15) is 35.6 Å². The Balaban J connectivity index is 1.90. The fourth-order valence-corrected chi connectivity index (χ4v) is 8.22. The number of nitrogens with zero attached hydrogens (tertiary/aromatic N) is 1. The number of halogens is 1. The van der Waals surface area contributed by atoms with Gasteiger partial charge in [-0.1, -0.05) is 55.8 Å². The molecule has 0 aliphatic carbocycles. The van der Waals surface area contributed by atoms with Crippen molar-refractivity contribution in [2.24, 2.45) is 23.7 Å². The Labute approximate surface area is 351 Å². The van der Waals surface area contributed by atoms with Gasteiger partial charge in [0.15, 0.2) is 12.1 Å². The number of amides is 2. The maximum absolute atomic E-state index is 14.4. The fourth-order valence-electron chi connectivity index (χ4n) is 7.95. The monoisotopic (exact) mass is 881 g/mol. The first kappa shape index (κ1) is 49.1. The number of aliphatic hydroxyl groups is 2. The number of hydrogen-bond donors (Lipinski definition) is 4. The van der Waals surface area contributed by atoms with Gasteiger partial charge in [0.05, 0.1) is 23.7 Å². The maximum atomic E-state index is 14.4. The standard InChI is InChI=1S/C42H64BrN3O12/c1-12-31-42(8,53)37(58-40(52)45-20-19-44-32(47)18-15-28-13-16-29(43)17-14-28)25(4)33(48)23(2)22-41(7,54-11)36(26(5)34(49)27(6)38(51)56-31)57-39-35(50)30(46(9)10)21-24(3)55-39/h13-18,23-27,30-31,35-37,39,50,53H,12,19-22H2,1-11H3,(H,44,47)(H,45,52)/b18-15+/t23-,24-,25+,26+,27-,30+,31-,35-,36-,37-,39+,41-,42-/m1/s1. The van der Waals surface area contributed by atoms with Crippen LogP contribution in [0.5, 0.6) is 0 Å². The molecule has 3 rings (SSSR count). The van der Waals surface area contributed by atoms with Crippen LogP contribution < -0.4 is 10.6 Å². The zero-order chi connectivity index (χ0) is 43.7. The van der Waals surface area contributed by atoms with Crippen molar-refractivity contribution < 1.29 is 57.9 Å². The number of rotatable bonds is 11. The summed E-state index contributed by atoms with van der Waals surface area (Å²) < 4.78 is 31.2. The molecule has 0 saturated carbocycles. The normalized spacial score (nSPS) is 35.6. The van der Waals surface area contributed by atoms with Crippen molar-refractivity contribution in [3.63, 3.8) is 0 Å². The largest absolute Gasteiger partial charge is 0.459 e. The molecule has 0 bridgehead atoms. The number of likely N-dealkylation sites (N-methyl/N-ethyl adjacent to an activating group) is 1. The zero-order valence-corrected chi connectivity index (χ0v) is 37.2. The van der Waals surface area contributed by atoms with Gasteiger partial charge < -0.3 is 49.4 Å². The molecule has 15 nitrogen and oxygen atoms in total. The second-order valence-corrected chi connectivity index (χ2v) is 17.3. The highest BCUT2D eigenvalue weighted by Crippen LogP contribution is 2.39. The topological polar surface area (TPSA) is 199 Å². The van der Waals surface area contributed by atoms with Crippen LogP contribution in [0.25, 0.3) is 6.08 Å². The summed E-state index contributed by atoms with van der Waals surface area (Å²) in [5, 5.41) is 28.7. The van der Waals surface area contributed by atoms with Crippen LogP contribution in [0.1, 0.15) is 80.2 Å².